The smallest absolute Gasteiger partial charge is 0.393 e. The van der Waals surface area contributed by atoms with Gasteiger partial charge in [-0.1, -0.05) is 42.5 Å². The van der Waals surface area contributed by atoms with Gasteiger partial charge in [-0.05, 0) is 72.2 Å². The molecular formula is C34H39F4N5O2. The number of likely N-dealkylation sites (tertiary alicyclic amines) is 1. The second-order valence-electron chi connectivity index (χ2n) is 11.4. The largest absolute Gasteiger partial charge is 0.476 e. The summed E-state index contributed by atoms with van der Waals surface area (Å²) < 4.78 is 62.6. The summed E-state index contributed by atoms with van der Waals surface area (Å²) >= 11 is 0. The number of carbonyl (C=O) groups excluding carboxylic acids is 1. The number of piperidine rings is 1. The van der Waals surface area contributed by atoms with Gasteiger partial charge in [-0.15, -0.1) is 0 Å². The van der Waals surface area contributed by atoms with Crippen molar-refractivity contribution in [3.05, 3.63) is 89.1 Å². The second-order valence-corrected chi connectivity index (χ2v) is 11.4. The number of anilines is 1. The highest BCUT2D eigenvalue weighted by molar-refractivity contribution is 6.02. The van der Waals surface area contributed by atoms with Gasteiger partial charge in [0, 0.05) is 51.6 Å². The van der Waals surface area contributed by atoms with Gasteiger partial charge in [0.25, 0.3) is 0 Å². The molecule has 7 nitrogen and oxygen atoms in total. The van der Waals surface area contributed by atoms with Crippen LogP contribution in [0.3, 0.4) is 0 Å². The standard InChI is InChI=1S/C34H39F4N5O2/c1-42(2)31(44)14-8-18-43-17-7-12-26(22-43)45-30-13-6-11-25(21-41-30)32(24-15-16-29(39)27(19-24)33(35)40)28(20-34(36,37)38)23-9-4-3-5-10-23/h3-5,8-10,14-16,19,21,26,40H,6-7,11-13,17-18,20,22,39H2,1-2H3/b14-8+,32-28-,40-33?. The van der Waals surface area contributed by atoms with E-state index in [1.165, 1.54) is 17.0 Å². The average molecular weight is 626 g/mol. The molecule has 45 heavy (non-hydrogen) atoms. The number of nitrogen functional groups attached to an aromatic ring is 1. The van der Waals surface area contributed by atoms with Gasteiger partial charge in [0.2, 0.25) is 11.9 Å². The van der Waals surface area contributed by atoms with Crippen LogP contribution in [0.4, 0.5) is 23.2 Å². The Bertz CT molecular complexity index is 1500. The molecule has 1 atom stereocenters. The maximum atomic E-state index is 14.1. The number of nitrogens with two attached hydrogens (primary N) is 1. The molecule has 0 spiro atoms. The Hall–Kier alpha value is -4.25. The van der Waals surface area contributed by atoms with Crippen molar-refractivity contribution in [2.75, 3.05) is 39.5 Å². The van der Waals surface area contributed by atoms with E-state index in [-0.39, 0.29) is 34.4 Å². The van der Waals surface area contributed by atoms with Gasteiger partial charge >= 0.3 is 6.18 Å². The summed E-state index contributed by atoms with van der Waals surface area (Å²) in [5, 5.41) is 7.52. The summed E-state index contributed by atoms with van der Waals surface area (Å²) in [6.45, 7) is 2.16. The molecule has 2 aliphatic rings. The minimum Gasteiger partial charge on any atom is -0.476 e. The van der Waals surface area contributed by atoms with E-state index in [1.807, 2.05) is 6.08 Å². The SMILES string of the molecule is CN(C)C(=O)/C=C/CN1CCCC(OC2=NC=C(/C(=C(/CC(F)(F)F)c3ccccc3)c3ccc(N)c(C(=N)F)c3)CCC2)C1. The highest BCUT2D eigenvalue weighted by atomic mass is 19.4. The number of benzene rings is 2. The van der Waals surface area contributed by atoms with E-state index in [1.54, 1.807) is 62.8 Å². The first kappa shape index (κ1) is 33.6. The van der Waals surface area contributed by atoms with Crippen molar-refractivity contribution in [1.82, 2.24) is 9.80 Å². The summed E-state index contributed by atoms with van der Waals surface area (Å²) in [5.41, 5.74) is 7.30. The van der Waals surface area contributed by atoms with Crippen LogP contribution >= 0.6 is 0 Å². The number of amides is 1. The number of likely N-dealkylation sites (N-methyl/N-ethyl adjacent to an activating group) is 1. The van der Waals surface area contributed by atoms with E-state index >= 15 is 0 Å². The van der Waals surface area contributed by atoms with Crippen LogP contribution in [0.2, 0.25) is 0 Å². The van der Waals surface area contributed by atoms with Crippen LogP contribution in [0, 0.1) is 5.41 Å². The van der Waals surface area contributed by atoms with E-state index in [4.69, 9.17) is 15.9 Å². The quantitative estimate of drug-likeness (QED) is 0.103. The first-order chi connectivity index (χ1) is 21.4. The first-order valence-electron chi connectivity index (χ1n) is 14.9. The molecule has 1 amide bonds. The van der Waals surface area contributed by atoms with Crippen molar-refractivity contribution in [3.8, 4) is 0 Å². The van der Waals surface area contributed by atoms with Crippen molar-refractivity contribution in [3.63, 3.8) is 0 Å². The Labute approximate surface area is 261 Å². The lowest BCUT2D eigenvalue weighted by Gasteiger charge is -2.32. The number of aliphatic imine (C=N–C) groups is 1. The van der Waals surface area contributed by atoms with Crippen molar-refractivity contribution < 1.29 is 27.1 Å². The molecule has 0 aromatic heterocycles. The van der Waals surface area contributed by atoms with Crippen LogP contribution in [0.25, 0.3) is 11.1 Å². The number of rotatable bonds is 9. The Morgan fingerprint density at radius 3 is 2.58 bits per heavy atom. The van der Waals surface area contributed by atoms with Crippen LogP contribution in [0.5, 0.6) is 0 Å². The van der Waals surface area contributed by atoms with Gasteiger partial charge in [-0.25, -0.2) is 4.99 Å². The van der Waals surface area contributed by atoms with Gasteiger partial charge in [-0.3, -0.25) is 15.1 Å². The number of alkyl halides is 3. The third-order valence-corrected chi connectivity index (χ3v) is 7.73. The topological polar surface area (TPSA) is 95.0 Å². The van der Waals surface area contributed by atoms with Gasteiger partial charge in [0.05, 0.1) is 12.0 Å². The number of carbonyl (C=O) groups is 1. The monoisotopic (exact) mass is 625 g/mol. The molecule has 2 aromatic carbocycles. The Morgan fingerprint density at radius 2 is 1.89 bits per heavy atom. The zero-order valence-corrected chi connectivity index (χ0v) is 25.5. The number of hydrogen-bond donors (Lipinski definition) is 2. The van der Waals surface area contributed by atoms with Crippen LogP contribution in [0.15, 0.2) is 77.4 Å². The first-order valence-corrected chi connectivity index (χ1v) is 14.9. The van der Waals surface area contributed by atoms with E-state index in [0.717, 1.165) is 19.4 Å². The number of allylic oxidation sites excluding steroid dienone is 3. The molecule has 1 unspecified atom stereocenters. The summed E-state index contributed by atoms with van der Waals surface area (Å²) in [6, 6.07) is 12.6. The maximum absolute atomic E-state index is 14.1. The predicted octanol–water partition coefficient (Wildman–Crippen LogP) is 7.02. The molecule has 240 valence electrons. The molecule has 11 heteroatoms. The van der Waals surface area contributed by atoms with E-state index in [0.29, 0.717) is 54.9 Å². The number of hydrogen-bond acceptors (Lipinski definition) is 6. The van der Waals surface area contributed by atoms with E-state index in [9.17, 15) is 22.4 Å². The zero-order valence-electron chi connectivity index (χ0n) is 25.5. The highest BCUT2D eigenvalue weighted by Gasteiger charge is 2.32. The fourth-order valence-corrected chi connectivity index (χ4v) is 5.54. The molecule has 4 rings (SSSR count). The molecule has 1 fully saturated rings. The summed E-state index contributed by atoms with van der Waals surface area (Å²) in [6.07, 6.45) is 2.36. The Balaban J connectivity index is 1.68. The zero-order chi connectivity index (χ0) is 32.6. The third kappa shape index (κ3) is 9.62. The van der Waals surface area contributed by atoms with Crippen molar-refractivity contribution in [2.45, 2.75) is 50.8 Å². The minimum absolute atomic E-state index is 0.0209. The predicted molar refractivity (Wildman–Crippen MR) is 170 cm³/mol. The lowest BCUT2D eigenvalue weighted by molar-refractivity contribution is -0.124. The average Bonchev–Trinajstić information content (AvgIpc) is 3.22. The summed E-state index contributed by atoms with van der Waals surface area (Å²) in [7, 11) is 3.40. The molecule has 3 N–H and O–H groups in total. The molecular weight excluding hydrogens is 586 g/mol. The van der Waals surface area contributed by atoms with E-state index in [2.05, 4.69) is 9.89 Å². The lowest BCUT2D eigenvalue weighted by Crippen LogP contribution is -2.40. The van der Waals surface area contributed by atoms with Crippen molar-refractivity contribution in [1.29, 1.82) is 5.41 Å². The van der Waals surface area contributed by atoms with Crippen LogP contribution in [-0.4, -0.2) is 73.6 Å². The third-order valence-electron chi connectivity index (χ3n) is 7.73. The fourth-order valence-electron chi connectivity index (χ4n) is 5.54. The van der Waals surface area contributed by atoms with Gasteiger partial charge in [0.15, 0.2) is 5.90 Å². The highest BCUT2D eigenvalue weighted by Crippen LogP contribution is 2.42. The normalized spacial score (nSPS) is 18.5. The van der Waals surface area contributed by atoms with E-state index < -0.39 is 18.6 Å². The molecule has 2 aromatic rings. The van der Waals surface area contributed by atoms with Crippen molar-refractivity contribution >= 4 is 34.6 Å². The number of nitrogens with one attached hydrogen (secondary N) is 1. The number of nitrogens with zero attached hydrogens (tertiary/aromatic N) is 3. The molecule has 0 saturated carbocycles. The van der Waals surface area contributed by atoms with Crippen molar-refractivity contribution in [2.24, 2.45) is 4.99 Å². The lowest BCUT2D eigenvalue weighted by atomic mass is 9.85. The van der Waals surface area contributed by atoms with Gasteiger partial charge in [0.1, 0.15) is 6.10 Å². The number of ether oxygens (including phenoxy) is 1. The number of halogens is 4. The van der Waals surface area contributed by atoms with Crippen LogP contribution in [-0.2, 0) is 9.53 Å². The summed E-state index contributed by atoms with van der Waals surface area (Å²) in [4.78, 5) is 20.2. The Kier molecular flexibility index (Phi) is 11.3. The maximum Gasteiger partial charge on any atom is 0.393 e. The minimum atomic E-state index is -4.52. The second kappa shape index (κ2) is 15.2. The molecule has 2 aliphatic heterocycles. The summed E-state index contributed by atoms with van der Waals surface area (Å²) in [5.74, 6) is -0.835. The molecule has 1 saturated heterocycles. The molecule has 0 radical (unpaired) electrons. The molecule has 2 heterocycles. The van der Waals surface area contributed by atoms with Crippen LogP contribution < -0.4 is 5.73 Å². The Morgan fingerprint density at radius 1 is 1.13 bits per heavy atom. The molecule has 0 bridgehead atoms. The van der Waals surface area contributed by atoms with Crippen LogP contribution in [0.1, 0.15) is 55.2 Å². The van der Waals surface area contributed by atoms with Gasteiger partial charge < -0.3 is 15.4 Å². The fraction of sp³-hybridized carbons (Fsp3) is 0.382. The van der Waals surface area contributed by atoms with Gasteiger partial charge in [-0.2, -0.15) is 17.6 Å². The molecule has 0 aliphatic carbocycles.